The van der Waals surface area contributed by atoms with Crippen molar-refractivity contribution in [2.24, 2.45) is 0 Å². The summed E-state index contributed by atoms with van der Waals surface area (Å²) < 4.78 is 33.3. The van der Waals surface area contributed by atoms with Crippen LogP contribution in [0.2, 0.25) is 0 Å². The Balaban J connectivity index is 1.66. The molecule has 0 fully saturated rings. The Morgan fingerprint density at radius 1 is 1.00 bits per heavy atom. The van der Waals surface area contributed by atoms with Crippen LogP contribution < -0.4 is 10.3 Å². The van der Waals surface area contributed by atoms with Crippen LogP contribution in [0.3, 0.4) is 0 Å². The highest BCUT2D eigenvalue weighted by Crippen LogP contribution is 2.27. The minimum absolute atomic E-state index is 0.256. The minimum Gasteiger partial charge on any atom is -0.435 e. The molecule has 0 amide bonds. The van der Waals surface area contributed by atoms with Crippen LogP contribution in [-0.4, -0.2) is 24.3 Å². The number of ether oxygens (including phenoxy) is 1. The maximum absolute atomic E-state index is 12.9. The summed E-state index contributed by atoms with van der Waals surface area (Å²) in [5, 5.41) is 8.50. The van der Waals surface area contributed by atoms with Gasteiger partial charge in [0, 0.05) is 23.6 Å². The van der Waals surface area contributed by atoms with E-state index in [9.17, 15) is 13.6 Å². The van der Waals surface area contributed by atoms with Gasteiger partial charge in [-0.3, -0.25) is 13.9 Å². The Hall–Kier alpha value is -3.88. The molecule has 0 spiro atoms. The highest BCUT2D eigenvalue weighted by Gasteiger charge is 2.16. The molecule has 0 aliphatic rings. The van der Waals surface area contributed by atoms with E-state index in [1.807, 2.05) is 42.7 Å². The van der Waals surface area contributed by atoms with Crippen molar-refractivity contribution in [1.29, 1.82) is 0 Å². The van der Waals surface area contributed by atoms with Gasteiger partial charge in [0.25, 0.3) is 5.88 Å². The summed E-state index contributed by atoms with van der Waals surface area (Å²) >= 11 is 0. The molecule has 0 N–H and O–H groups in total. The van der Waals surface area contributed by atoms with Crippen molar-refractivity contribution in [1.82, 2.24) is 24.3 Å². The molecule has 7 nitrogen and oxygen atoms in total. The zero-order chi connectivity index (χ0) is 21.3. The molecule has 2 aromatic carbocycles. The van der Waals surface area contributed by atoms with E-state index in [4.69, 9.17) is 4.74 Å². The SMILES string of the molecule is Cc1ccccc1-c1nnc(C)n1-c1ccc(Oc2nccn(C(F)F)c2=O)cc1. The Bertz CT molecular complexity index is 1250. The van der Waals surface area contributed by atoms with Crippen molar-refractivity contribution in [2.45, 2.75) is 20.4 Å². The zero-order valence-corrected chi connectivity index (χ0v) is 16.2. The Labute approximate surface area is 170 Å². The molecule has 0 unspecified atom stereocenters. The first-order valence-electron chi connectivity index (χ1n) is 9.07. The molecule has 152 valence electrons. The highest BCUT2D eigenvalue weighted by molar-refractivity contribution is 5.62. The third-order valence-electron chi connectivity index (χ3n) is 4.57. The van der Waals surface area contributed by atoms with E-state index in [1.165, 1.54) is 0 Å². The van der Waals surface area contributed by atoms with Gasteiger partial charge in [0.05, 0.1) is 0 Å². The van der Waals surface area contributed by atoms with Crippen molar-refractivity contribution in [3.8, 4) is 28.7 Å². The topological polar surface area (TPSA) is 74.8 Å². The lowest BCUT2D eigenvalue weighted by Crippen LogP contribution is -2.22. The van der Waals surface area contributed by atoms with Gasteiger partial charge >= 0.3 is 12.1 Å². The Morgan fingerprint density at radius 2 is 1.73 bits per heavy atom. The molecule has 0 bridgehead atoms. The number of nitrogens with zero attached hydrogens (tertiary/aromatic N) is 5. The predicted octanol–water partition coefficient (Wildman–Crippen LogP) is 4.30. The van der Waals surface area contributed by atoms with Crippen molar-refractivity contribution >= 4 is 0 Å². The molecule has 0 radical (unpaired) electrons. The van der Waals surface area contributed by atoms with Gasteiger partial charge in [-0.2, -0.15) is 8.78 Å². The number of hydrogen-bond acceptors (Lipinski definition) is 5. The summed E-state index contributed by atoms with van der Waals surface area (Å²) in [5.74, 6) is 1.26. The average Bonchev–Trinajstić information content (AvgIpc) is 3.11. The second-order valence-electron chi connectivity index (χ2n) is 6.54. The number of benzene rings is 2. The number of aromatic nitrogens is 5. The number of aryl methyl sites for hydroxylation is 2. The molecular weight excluding hydrogens is 392 g/mol. The highest BCUT2D eigenvalue weighted by atomic mass is 19.3. The minimum atomic E-state index is -2.97. The molecule has 0 saturated heterocycles. The first kappa shape index (κ1) is 19.4. The summed E-state index contributed by atoms with van der Waals surface area (Å²) in [6, 6.07) is 14.6. The van der Waals surface area contributed by atoms with Crippen molar-refractivity contribution in [3.05, 3.63) is 82.7 Å². The van der Waals surface area contributed by atoms with Gasteiger partial charge in [0.2, 0.25) is 0 Å². The first-order chi connectivity index (χ1) is 14.5. The monoisotopic (exact) mass is 409 g/mol. The van der Waals surface area contributed by atoms with Crippen LogP contribution in [0.5, 0.6) is 11.6 Å². The van der Waals surface area contributed by atoms with Crippen LogP contribution in [0.25, 0.3) is 17.1 Å². The van der Waals surface area contributed by atoms with E-state index >= 15 is 0 Å². The Morgan fingerprint density at radius 3 is 2.43 bits per heavy atom. The molecule has 2 heterocycles. The van der Waals surface area contributed by atoms with Gasteiger partial charge in [-0.15, -0.1) is 10.2 Å². The van der Waals surface area contributed by atoms with Gasteiger partial charge in [0.1, 0.15) is 11.6 Å². The molecule has 30 heavy (non-hydrogen) atoms. The van der Waals surface area contributed by atoms with Crippen LogP contribution >= 0.6 is 0 Å². The fourth-order valence-electron chi connectivity index (χ4n) is 3.07. The molecular formula is C21H17F2N5O2. The second-order valence-corrected chi connectivity index (χ2v) is 6.54. The molecule has 0 aliphatic heterocycles. The lowest BCUT2D eigenvalue weighted by Gasteiger charge is -2.12. The molecule has 4 rings (SSSR count). The predicted molar refractivity (Wildman–Crippen MR) is 106 cm³/mol. The van der Waals surface area contributed by atoms with Gasteiger partial charge in [-0.1, -0.05) is 24.3 Å². The lowest BCUT2D eigenvalue weighted by atomic mass is 10.1. The van der Waals surface area contributed by atoms with Gasteiger partial charge in [-0.25, -0.2) is 4.98 Å². The maximum atomic E-state index is 12.9. The summed E-state index contributed by atoms with van der Waals surface area (Å²) in [5.41, 5.74) is 1.80. The number of hydrogen-bond donors (Lipinski definition) is 0. The molecule has 4 aromatic rings. The van der Waals surface area contributed by atoms with Crippen LogP contribution in [0.1, 0.15) is 17.9 Å². The molecule has 2 aromatic heterocycles. The van der Waals surface area contributed by atoms with E-state index in [1.54, 1.807) is 24.3 Å². The summed E-state index contributed by atoms with van der Waals surface area (Å²) in [6.07, 6.45) is 2.00. The normalized spacial score (nSPS) is 11.1. The van der Waals surface area contributed by atoms with Crippen LogP contribution in [0, 0.1) is 13.8 Å². The van der Waals surface area contributed by atoms with Crippen LogP contribution in [0.4, 0.5) is 8.78 Å². The fraction of sp³-hybridized carbons (Fsp3) is 0.143. The molecule has 9 heteroatoms. The van der Waals surface area contributed by atoms with Crippen LogP contribution in [-0.2, 0) is 0 Å². The lowest BCUT2D eigenvalue weighted by molar-refractivity contribution is 0.0650. The summed E-state index contributed by atoms with van der Waals surface area (Å²) in [7, 11) is 0. The molecule has 0 aliphatic carbocycles. The van der Waals surface area contributed by atoms with Crippen LogP contribution in [0.15, 0.2) is 65.7 Å². The van der Waals surface area contributed by atoms with E-state index in [0.29, 0.717) is 17.4 Å². The third kappa shape index (κ3) is 3.57. The van der Waals surface area contributed by atoms with Crippen molar-refractivity contribution in [3.63, 3.8) is 0 Å². The molecule has 0 saturated carbocycles. The quantitative estimate of drug-likeness (QED) is 0.491. The smallest absolute Gasteiger partial charge is 0.321 e. The Kier molecular flexibility index (Phi) is 5.09. The maximum Gasteiger partial charge on any atom is 0.321 e. The largest absolute Gasteiger partial charge is 0.435 e. The van der Waals surface area contributed by atoms with E-state index in [2.05, 4.69) is 15.2 Å². The molecule has 0 atom stereocenters. The number of rotatable bonds is 5. The van der Waals surface area contributed by atoms with Crippen molar-refractivity contribution in [2.75, 3.05) is 0 Å². The fourth-order valence-corrected chi connectivity index (χ4v) is 3.07. The van der Waals surface area contributed by atoms with Gasteiger partial charge in [-0.05, 0) is 43.7 Å². The van der Waals surface area contributed by atoms with Gasteiger partial charge < -0.3 is 4.74 Å². The first-order valence-corrected chi connectivity index (χ1v) is 9.07. The van der Waals surface area contributed by atoms with Gasteiger partial charge in [0.15, 0.2) is 5.82 Å². The summed E-state index contributed by atoms with van der Waals surface area (Å²) in [4.78, 5) is 15.8. The van der Waals surface area contributed by atoms with E-state index in [0.717, 1.165) is 29.2 Å². The average molecular weight is 409 g/mol. The van der Waals surface area contributed by atoms with Crippen molar-refractivity contribution < 1.29 is 13.5 Å². The third-order valence-corrected chi connectivity index (χ3v) is 4.57. The van der Waals surface area contributed by atoms with E-state index in [-0.39, 0.29) is 4.57 Å². The number of halogens is 2. The van der Waals surface area contributed by atoms with E-state index < -0.39 is 18.0 Å². The summed E-state index contributed by atoms with van der Waals surface area (Å²) in [6.45, 7) is 0.876. The number of alkyl halides is 2. The standard InChI is InChI=1S/C21H17F2N5O2/c1-13-5-3-4-6-17(13)18-26-25-14(2)28(18)15-7-9-16(10-8-15)30-19-20(29)27(21(22)23)12-11-24-19/h3-12,21H,1-2H3. The second kappa shape index (κ2) is 7.86. The zero-order valence-electron chi connectivity index (χ0n) is 16.2.